The molecule has 1 aromatic rings. The van der Waals surface area contributed by atoms with Crippen molar-refractivity contribution in [1.29, 1.82) is 0 Å². The molecule has 88 valence electrons. The average molecular weight is 243 g/mol. The zero-order valence-electron chi connectivity index (χ0n) is 8.82. The summed E-state index contributed by atoms with van der Waals surface area (Å²) in [5.41, 5.74) is 0. The van der Waals surface area contributed by atoms with E-state index in [1.54, 1.807) is 0 Å². The zero-order valence-corrected chi connectivity index (χ0v) is 9.63. The molecule has 1 saturated carbocycles. The molecule has 1 aliphatic rings. The summed E-state index contributed by atoms with van der Waals surface area (Å²) >= 11 is 0. The van der Waals surface area contributed by atoms with Crippen molar-refractivity contribution in [2.24, 2.45) is 0 Å². The van der Waals surface area contributed by atoms with Gasteiger partial charge in [-0.3, -0.25) is 0 Å². The number of hydrogen-bond acceptors (Lipinski definition) is 3. The van der Waals surface area contributed by atoms with Crippen molar-refractivity contribution in [2.45, 2.75) is 23.8 Å². The van der Waals surface area contributed by atoms with Crippen LogP contribution in [0.4, 0.5) is 4.39 Å². The molecule has 1 aromatic carbocycles. The molecule has 1 aliphatic carbocycles. The molecule has 0 aliphatic heterocycles. The fourth-order valence-electron chi connectivity index (χ4n) is 1.44. The Labute approximate surface area is 94.6 Å². The van der Waals surface area contributed by atoms with Gasteiger partial charge in [-0.25, -0.2) is 12.8 Å². The van der Waals surface area contributed by atoms with Gasteiger partial charge >= 0.3 is 0 Å². The average Bonchev–Trinajstić information content (AvgIpc) is 3.02. The van der Waals surface area contributed by atoms with Gasteiger partial charge in [-0.1, -0.05) is 0 Å². The normalized spacial score (nSPS) is 16.3. The Morgan fingerprint density at radius 3 is 2.44 bits per heavy atom. The lowest BCUT2D eigenvalue weighted by atomic mass is 10.4. The van der Waals surface area contributed by atoms with Crippen LogP contribution in [0.15, 0.2) is 29.2 Å². The van der Waals surface area contributed by atoms with Gasteiger partial charge in [-0.15, -0.1) is 0 Å². The van der Waals surface area contributed by atoms with E-state index >= 15 is 0 Å². The van der Waals surface area contributed by atoms with Gasteiger partial charge in [0.2, 0.25) is 0 Å². The summed E-state index contributed by atoms with van der Waals surface area (Å²) in [6.45, 7) is 0.463. The number of benzene rings is 1. The maximum atomic E-state index is 12.6. The van der Waals surface area contributed by atoms with Crippen LogP contribution in [0, 0.1) is 5.82 Å². The largest absolute Gasteiger partial charge is 0.313 e. The van der Waals surface area contributed by atoms with Crippen molar-refractivity contribution in [2.75, 3.05) is 12.3 Å². The van der Waals surface area contributed by atoms with E-state index in [0.717, 1.165) is 12.8 Å². The van der Waals surface area contributed by atoms with Gasteiger partial charge in [0.15, 0.2) is 9.84 Å². The molecule has 2 rings (SSSR count). The molecule has 3 nitrogen and oxygen atoms in total. The fraction of sp³-hybridized carbons (Fsp3) is 0.455. The molecular weight excluding hydrogens is 229 g/mol. The highest BCUT2D eigenvalue weighted by Crippen LogP contribution is 2.18. The molecule has 0 amide bonds. The predicted molar refractivity (Wildman–Crippen MR) is 59.5 cm³/mol. The van der Waals surface area contributed by atoms with Gasteiger partial charge in [0.05, 0.1) is 10.6 Å². The van der Waals surface area contributed by atoms with Crippen molar-refractivity contribution in [1.82, 2.24) is 5.32 Å². The maximum absolute atomic E-state index is 12.6. The van der Waals surface area contributed by atoms with E-state index in [0.29, 0.717) is 12.6 Å². The second-order valence-corrected chi connectivity index (χ2v) is 6.11. The zero-order chi connectivity index (χ0) is 11.6. The summed E-state index contributed by atoms with van der Waals surface area (Å²) < 4.78 is 36.2. The van der Waals surface area contributed by atoms with E-state index < -0.39 is 15.7 Å². The maximum Gasteiger partial charge on any atom is 0.179 e. The topological polar surface area (TPSA) is 46.2 Å². The number of sulfone groups is 1. The monoisotopic (exact) mass is 243 g/mol. The van der Waals surface area contributed by atoms with E-state index in [9.17, 15) is 12.8 Å². The van der Waals surface area contributed by atoms with Crippen LogP contribution in [0.5, 0.6) is 0 Å². The molecule has 5 heteroatoms. The lowest BCUT2D eigenvalue weighted by molar-refractivity contribution is 0.589. The highest BCUT2D eigenvalue weighted by Gasteiger charge is 2.21. The molecule has 0 spiro atoms. The molecule has 0 heterocycles. The Hall–Kier alpha value is -0.940. The highest BCUT2D eigenvalue weighted by atomic mass is 32.2. The van der Waals surface area contributed by atoms with Crippen LogP contribution < -0.4 is 5.32 Å². The van der Waals surface area contributed by atoms with Crippen LogP contribution in [-0.2, 0) is 9.84 Å². The third kappa shape index (κ3) is 3.02. The van der Waals surface area contributed by atoms with Gasteiger partial charge in [0.25, 0.3) is 0 Å². The van der Waals surface area contributed by atoms with Crippen molar-refractivity contribution in [3.8, 4) is 0 Å². The molecule has 16 heavy (non-hydrogen) atoms. The van der Waals surface area contributed by atoms with E-state index in [4.69, 9.17) is 0 Å². The third-order valence-corrected chi connectivity index (χ3v) is 4.29. The summed E-state index contributed by atoms with van der Waals surface area (Å²) in [4.78, 5) is 0.187. The van der Waals surface area contributed by atoms with Crippen molar-refractivity contribution < 1.29 is 12.8 Å². The molecule has 0 bridgehead atoms. The summed E-state index contributed by atoms with van der Waals surface area (Å²) in [7, 11) is -3.27. The summed E-state index contributed by atoms with van der Waals surface area (Å²) in [6, 6.07) is 5.45. The Balaban J connectivity index is 1.97. The Morgan fingerprint density at radius 2 is 1.88 bits per heavy atom. The number of hydrogen-bond donors (Lipinski definition) is 1. The first-order valence-corrected chi connectivity index (χ1v) is 6.95. The van der Waals surface area contributed by atoms with Crippen LogP contribution in [0.3, 0.4) is 0 Å². The van der Waals surface area contributed by atoms with Gasteiger partial charge < -0.3 is 5.32 Å². The van der Waals surface area contributed by atoms with Gasteiger partial charge in [0, 0.05) is 12.6 Å². The van der Waals surface area contributed by atoms with Crippen molar-refractivity contribution >= 4 is 9.84 Å². The molecule has 0 aromatic heterocycles. The van der Waals surface area contributed by atoms with E-state index in [1.807, 2.05) is 0 Å². The quantitative estimate of drug-likeness (QED) is 0.794. The molecule has 0 saturated heterocycles. The van der Waals surface area contributed by atoms with Crippen molar-refractivity contribution in [3.63, 3.8) is 0 Å². The second-order valence-electron chi connectivity index (χ2n) is 4.00. The summed E-state index contributed by atoms with van der Waals surface area (Å²) in [5.74, 6) is -0.357. The number of nitrogens with one attached hydrogen (secondary N) is 1. The molecule has 1 fully saturated rings. The van der Waals surface area contributed by atoms with Gasteiger partial charge in [0.1, 0.15) is 5.82 Å². The molecular formula is C11H14FNO2S. The predicted octanol–water partition coefficient (Wildman–Crippen LogP) is 1.35. The minimum absolute atomic E-state index is 0.0646. The lowest BCUT2D eigenvalue weighted by Crippen LogP contribution is -2.24. The van der Waals surface area contributed by atoms with E-state index in [2.05, 4.69) is 5.32 Å². The number of halogens is 1. The molecule has 0 atom stereocenters. The van der Waals surface area contributed by atoms with E-state index in [-0.39, 0.29) is 10.6 Å². The van der Waals surface area contributed by atoms with Crippen LogP contribution in [0.1, 0.15) is 12.8 Å². The smallest absolute Gasteiger partial charge is 0.179 e. The number of rotatable bonds is 5. The minimum atomic E-state index is -3.27. The molecule has 0 radical (unpaired) electrons. The first-order valence-electron chi connectivity index (χ1n) is 5.30. The van der Waals surface area contributed by atoms with Crippen LogP contribution in [0.25, 0.3) is 0 Å². The lowest BCUT2D eigenvalue weighted by Gasteiger charge is -2.05. The highest BCUT2D eigenvalue weighted by molar-refractivity contribution is 7.91. The van der Waals surface area contributed by atoms with Crippen LogP contribution in [0.2, 0.25) is 0 Å². The van der Waals surface area contributed by atoms with Crippen LogP contribution in [-0.4, -0.2) is 26.8 Å². The summed E-state index contributed by atoms with van der Waals surface area (Å²) in [6.07, 6.45) is 2.27. The summed E-state index contributed by atoms with van der Waals surface area (Å²) in [5, 5.41) is 3.14. The SMILES string of the molecule is O=S(=O)(CCNC1CC1)c1ccc(F)cc1. The second kappa shape index (κ2) is 4.51. The molecule has 0 unspecified atom stereocenters. The first-order chi connectivity index (χ1) is 7.58. The van der Waals surface area contributed by atoms with E-state index in [1.165, 1.54) is 24.3 Å². The van der Waals surface area contributed by atoms with Crippen LogP contribution >= 0.6 is 0 Å². The standard InChI is InChI=1S/C11H14FNO2S/c12-9-1-5-11(6-2-9)16(14,15)8-7-13-10-3-4-10/h1-2,5-6,10,13H,3-4,7-8H2. The third-order valence-electron chi connectivity index (χ3n) is 2.55. The van der Waals surface area contributed by atoms with Gasteiger partial charge in [-0.2, -0.15) is 0 Å². The minimum Gasteiger partial charge on any atom is -0.313 e. The van der Waals surface area contributed by atoms with Crippen molar-refractivity contribution in [3.05, 3.63) is 30.1 Å². The fourth-order valence-corrected chi connectivity index (χ4v) is 2.62. The Kier molecular flexibility index (Phi) is 3.25. The Morgan fingerprint density at radius 1 is 1.25 bits per heavy atom. The molecule has 1 N–H and O–H groups in total. The Bertz CT molecular complexity index is 451. The van der Waals surface area contributed by atoms with Gasteiger partial charge in [-0.05, 0) is 37.1 Å². The first kappa shape index (κ1) is 11.5.